The molecule has 1 nitrogen and oxygen atoms in total. The molecule has 62 valence electrons. The highest BCUT2D eigenvalue weighted by atomic mass is 14.8. The van der Waals surface area contributed by atoms with Gasteiger partial charge in [-0.05, 0) is 31.0 Å². The summed E-state index contributed by atoms with van der Waals surface area (Å²) in [6.45, 7) is 0. The lowest BCUT2D eigenvalue weighted by molar-refractivity contribution is 0.604. The van der Waals surface area contributed by atoms with Gasteiger partial charge < -0.3 is 0 Å². The maximum absolute atomic E-state index is 4.47. The van der Waals surface area contributed by atoms with Crippen molar-refractivity contribution in [3.8, 4) is 0 Å². The van der Waals surface area contributed by atoms with Gasteiger partial charge in [0.05, 0.1) is 6.04 Å². The second-order valence-corrected chi connectivity index (χ2v) is 3.19. The smallest absolute Gasteiger partial charge is 0.0745 e. The second kappa shape index (κ2) is 3.53. The van der Waals surface area contributed by atoms with Crippen molar-refractivity contribution in [3.05, 3.63) is 35.9 Å². The molecule has 0 N–H and O–H groups in total. The molecule has 2 rings (SSSR count). The molecule has 12 heavy (non-hydrogen) atoms. The van der Waals surface area contributed by atoms with Gasteiger partial charge in [0.25, 0.3) is 0 Å². The largest absolute Gasteiger partial charge is 0.289 e. The second-order valence-electron chi connectivity index (χ2n) is 3.19. The van der Waals surface area contributed by atoms with Crippen LogP contribution in [0.4, 0.5) is 0 Å². The van der Waals surface area contributed by atoms with Crippen molar-refractivity contribution in [2.75, 3.05) is 0 Å². The molecule has 0 bridgehead atoms. The summed E-state index contributed by atoms with van der Waals surface area (Å²) in [5.41, 5.74) is 1.36. The summed E-state index contributed by atoms with van der Waals surface area (Å²) in [6.07, 6.45) is 5.70. The van der Waals surface area contributed by atoms with Gasteiger partial charge in [-0.3, -0.25) is 4.99 Å². The first-order valence-corrected chi connectivity index (χ1v) is 4.53. The molecule has 1 atom stereocenters. The highest BCUT2D eigenvalue weighted by Crippen LogP contribution is 2.25. The van der Waals surface area contributed by atoms with Gasteiger partial charge in [0.1, 0.15) is 0 Å². The van der Waals surface area contributed by atoms with Crippen LogP contribution < -0.4 is 0 Å². The zero-order chi connectivity index (χ0) is 8.23. The third-order valence-electron chi connectivity index (χ3n) is 2.28. The number of nitrogens with zero attached hydrogens (tertiary/aromatic N) is 1. The summed E-state index contributed by atoms with van der Waals surface area (Å²) >= 11 is 0. The van der Waals surface area contributed by atoms with Crippen molar-refractivity contribution in [1.82, 2.24) is 0 Å². The summed E-state index contributed by atoms with van der Waals surface area (Å²) in [7, 11) is 0. The molecule has 0 saturated carbocycles. The van der Waals surface area contributed by atoms with Crippen LogP contribution in [0.5, 0.6) is 0 Å². The standard InChI is InChI=1S/C11H13N/c1-2-6-10(7-3-1)11-8-4-5-9-12-11/h1-3,6-7,9,11H,4-5,8H2/t11-/m0/s1. The average molecular weight is 159 g/mol. The molecule has 0 spiro atoms. The molecule has 1 aromatic carbocycles. The fourth-order valence-corrected chi connectivity index (χ4v) is 1.61. The van der Waals surface area contributed by atoms with Crippen LogP contribution in [0.25, 0.3) is 0 Å². The van der Waals surface area contributed by atoms with Crippen LogP contribution in [-0.2, 0) is 0 Å². The van der Waals surface area contributed by atoms with E-state index in [-0.39, 0.29) is 0 Å². The molecule has 0 aromatic heterocycles. The van der Waals surface area contributed by atoms with E-state index in [9.17, 15) is 0 Å². The predicted octanol–water partition coefficient (Wildman–Crippen LogP) is 2.98. The van der Waals surface area contributed by atoms with Crippen LogP contribution in [-0.4, -0.2) is 6.21 Å². The SMILES string of the molecule is C1=N[C@H](c2ccccc2)CCC1. The number of aliphatic imine (C=N–C) groups is 1. The molecule has 1 heteroatoms. The van der Waals surface area contributed by atoms with Gasteiger partial charge >= 0.3 is 0 Å². The Labute approximate surface area is 73.1 Å². The molecule has 0 radical (unpaired) electrons. The van der Waals surface area contributed by atoms with Gasteiger partial charge in [0.2, 0.25) is 0 Å². The monoisotopic (exact) mass is 159 g/mol. The summed E-state index contributed by atoms with van der Waals surface area (Å²) in [6, 6.07) is 11.0. The lowest BCUT2D eigenvalue weighted by Crippen LogP contribution is -2.00. The van der Waals surface area contributed by atoms with Crippen LogP contribution in [0.2, 0.25) is 0 Å². The van der Waals surface area contributed by atoms with Crippen LogP contribution in [0.3, 0.4) is 0 Å². The maximum atomic E-state index is 4.47. The van der Waals surface area contributed by atoms with Gasteiger partial charge in [-0.25, -0.2) is 0 Å². The van der Waals surface area contributed by atoms with Crippen LogP contribution in [0.1, 0.15) is 30.9 Å². The van der Waals surface area contributed by atoms with Gasteiger partial charge in [-0.2, -0.15) is 0 Å². The Kier molecular flexibility index (Phi) is 2.21. The van der Waals surface area contributed by atoms with Crippen LogP contribution >= 0.6 is 0 Å². The molecule has 1 heterocycles. The van der Waals surface area contributed by atoms with Crippen molar-refractivity contribution in [3.63, 3.8) is 0 Å². The minimum absolute atomic E-state index is 0.431. The normalized spacial score (nSPS) is 22.5. The molecule has 0 aliphatic carbocycles. The van der Waals surface area contributed by atoms with E-state index < -0.39 is 0 Å². The van der Waals surface area contributed by atoms with E-state index in [1.165, 1.54) is 18.4 Å². The zero-order valence-electron chi connectivity index (χ0n) is 7.11. The topological polar surface area (TPSA) is 12.4 Å². The van der Waals surface area contributed by atoms with Gasteiger partial charge in [-0.1, -0.05) is 30.3 Å². The quantitative estimate of drug-likeness (QED) is 0.597. The number of benzene rings is 1. The third-order valence-corrected chi connectivity index (χ3v) is 2.28. The van der Waals surface area contributed by atoms with Gasteiger partial charge in [0.15, 0.2) is 0 Å². The minimum Gasteiger partial charge on any atom is -0.289 e. The van der Waals surface area contributed by atoms with Crippen LogP contribution in [0.15, 0.2) is 35.3 Å². The first-order chi connectivity index (χ1) is 5.97. The molecule has 0 amide bonds. The molecule has 1 aliphatic heterocycles. The Balaban J connectivity index is 2.19. The fraction of sp³-hybridized carbons (Fsp3) is 0.364. The number of hydrogen-bond acceptors (Lipinski definition) is 1. The molecule has 1 aliphatic rings. The number of rotatable bonds is 1. The van der Waals surface area contributed by atoms with Crippen molar-refractivity contribution in [2.45, 2.75) is 25.3 Å². The van der Waals surface area contributed by atoms with E-state index in [1.807, 2.05) is 0 Å². The predicted molar refractivity (Wildman–Crippen MR) is 51.5 cm³/mol. The first kappa shape index (κ1) is 7.53. The van der Waals surface area contributed by atoms with Gasteiger partial charge in [-0.15, -0.1) is 0 Å². The molecule has 1 aromatic rings. The lowest BCUT2D eigenvalue weighted by Gasteiger charge is -2.15. The van der Waals surface area contributed by atoms with Crippen molar-refractivity contribution >= 4 is 6.21 Å². The Morgan fingerprint density at radius 1 is 1.17 bits per heavy atom. The molecule has 0 saturated heterocycles. The fourth-order valence-electron chi connectivity index (χ4n) is 1.61. The Morgan fingerprint density at radius 2 is 2.00 bits per heavy atom. The van der Waals surface area contributed by atoms with Crippen LogP contribution in [0, 0.1) is 0 Å². The first-order valence-electron chi connectivity index (χ1n) is 4.53. The van der Waals surface area contributed by atoms with Crippen molar-refractivity contribution in [2.24, 2.45) is 4.99 Å². The minimum atomic E-state index is 0.431. The Bertz CT molecular complexity index is 264. The Morgan fingerprint density at radius 3 is 2.67 bits per heavy atom. The molecule has 0 fully saturated rings. The zero-order valence-corrected chi connectivity index (χ0v) is 7.11. The molecular weight excluding hydrogens is 146 g/mol. The van der Waals surface area contributed by atoms with E-state index in [1.54, 1.807) is 0 Å². The van der Waals surface area contributed by atoms with E-state index in [4.69, 9.17) is 0 Å². The van der Waals surface area contributed by atoms with Gasteiger partial charge in [0, 0.05) is 0 Å². The van der Waals surface area contributed by atoms with E-state index in [0.717, 1.165) is 6.42 Å². The van der Waals surface area contributed by atoms with Crippen molar-refractivity contribution in [1.29, 1.82) is 0 Å². The summed E-state index contributed by atoms with van der Waals surface area (Å²) < 4.78 is 0. The molecular formula is C11H13N. The van der Waals surface area contributed by atoms with E-state index in [2.05, 4.69) is 41.5 Å². The van der Waals surface area contributed by atoms with Crippen molar-refractivity contribution < 1.29 is 0 Å². The highest BCUT2D eigenvalue weighted by Gasteiger charge is 2.10. The summed E-state index contributed by atoms with van der Waals surface area (Å²) in [5, 5.41) is 0. The average Bonchev–Trinajstić information content (AvgIpc) is 2.21. The van der Waals surface area contributed by atoms with E-state index in [0.29, 0.717) is 6.04 Å². The Hall–Kier alpha value is -1.11. The lowest BCUT2D eigenvalue weighted by atomic mass is 10.00. The third kappa shape index (κ3) is 1.55. The number of hydrogen-bond donors (Lipinski definition) is 0. The summed E-state index contributed by atoms with van der Waals surface area (Å²) in [5.74, 6) is 0. The van der Waals surface area contributed by atoms with E-state index >= 15 is 0 Å². The molecule has 0 unspecified atom stereocenters. The highest BCUT2D eigenvalue weighted by molar-refractivity contribution is 5.58. The summed E-state index contributed by atoms with van der Waals surface area (Å²) in [4.78, 5) is 4.47. The maximum Gasteiger partial charge on any atom is 0.0745 e.